The van der Waals surface area contributed by atoms with E-state index in [4.69, 9.17) is 33.2 Å². The van der Waals surface area contributed by atoms with Crippen LogP contribution in [0.5, 0.6) is 11.8 Å². The van der Waals surface area contributed by atoms with Crippen LogP contribution in [0.4, 0.5) is 26.3 Å². The van der Waals surface area contributed by atoms with Gasteiger partial charge in [0.25, 0.3) is 0 Å². The lowest BCUT2D eigenvalue weighted by atomic mass is 9.74. The fourth-order valence-corrected chi connectivity index (χ4v) is 10.6. The van der Waals surface area contributed by atoms with E-state index in [1.165, 1.54) is 21.8 Å². The third-order valence-corrected chi connectivity index (χ3v) is 15.2. The number of benzene rings is 2. The summed E-state index contributed by atoms with van der Waals surface area (Å²) in [5.41, 5.74) is 6.39. The molecule has 9 heterocycles. The van der Waals surface area contributed by atoms with Crippen LogP contribution in [0.25, 0.3) is 67.6 Å². The molecule has 472 valence electrons. The molecule has 0 radical (unpaired) electrons. The van der Waals surface area contributed by atoms with Crippen molar-refractivity contribution in [2.75, 3.05) is 14.2 Å². The molecule has 2 aliphatic carbocycles. The summed E-state index contributed by atoms with van der Waals surface area (Å²) in [7, 11) is 2.72. The predicted molar refractivity (Wildman–Crippen MR) is 335 cm³/mol. The van der Waals surface area contributed by atoms with E-state index in [1.807, 2.05) is 51.7 Å². The Morgan fingerprint density at radius 1 is 0.556 bits per heavy atom. The van der Waals surface area contributed by atoms with Crippen molar-refractivity contribution in [2.45, 2.75) is 140 Å². The lowest BCUT2D eigenvalue weighted by Crippen LogP contribution is -2.44. The summed E-state index contributed by atoms with van der Waals surface area (Å²) < 4.78 is 113. The lowest BCUT2D eigenvalue weighted by molar-refractivity contribution is -0.141. The average molecular weight is 1310 g/mol. The van der Waals surface area contributed by atoms with Crippen LogP contribution in [0.15, 0.2) is 90.6 Å². The van der Waals surface area contributed by atoms with Gasteiger partial charge in [0.05, 0.1) is 55.2 Å². The van der Waals surface area contributed by atoms with Crippen molar-refractivity contribution in [1.29, 1.82) is 0 Å². The van der Waals surface area contributed by atoms with E-state index in [0.717, 1.165) is 77.1 Å². The number of nitrogens with zero attached hydrogens (tertiary/aromatic N) is 16. The Hall–Kier alpha value is -8.15. The van der Waals surface area contributed by atoms with E-state index in [0.29, 0.717) is 99.6 Å². The molecule has 0 unspecified atom stereocenters. The number of methoxy groups -OCH3 is 2. The molecule has 1 aliphatic heterocycles. The minimum atomic E-state index is -4.50. The first-order valence-corrected chi connectivity index (χ1v) is 28.8. The SMILES string of the molecule is C.C.C.CB1OB(C)OB(C)O1.CCn1cc(C(F)(F)F)nc1-c1ccc(Cn2nc(Br)c3cnc(-c4c(OC)ncnc4C4CC4)nc32)cc1.CCn1cc(C(F)(F)F)nc1-c1ccc(Cn2nc(C)c3cnc(-c4c(OC)ncnc4C4CC4)nc32)cc1. The summed E-state index contributed by atoms with van der Waals surface area (Å²) in [6.07, 6.45) is 3.75. The van der Waals surface area contributed by atoms with Crippen molar-refractivity contribution in [3.05, 3.63) is 130 Å². The van der Waals surface area contributed by atoms with Gasteiger partial charge in [-0.25, -0.2) is 59.2 Å². The molecule has 0 spiro atoms. The fourth-order valence-electron chi connectivity index (χ4n) is 10.1. The molecule has 0 amide bonds. The van der Waals surface area contributed by atoms with Crippen LogP contribution in [-0.2, 0) is 52.2 Å². The summed E-state index contributed by atoms with van der Waals surface area (Å²) in [5, 5.41) is 10.8. The molecule has 21 nitrogen and oxygen atoms in total. The van der Waals surface area contributed by atoms with Crippen LogP contribution in [0.2, 0.25) is 20.5 Å². The maximum atomic E-state index is 13.2. The van der Waals surface area contributed by atoms with E-state index >= 15 is 0 Å². The van der Waals surface area contributed by atoms with Crippen molar-refractivity contribution in [2.24, 2.45) is 0 Å². The van der Waals surface area contributed by atoms with Gasteiger partial charge < -0.3 is 32.3 Å². The number of alkyl halides is 6. The molecule has 3 fully saturated rings. The van der Waals surface area contributed by atoms with Crippen LogP contribution >= 0.6 is 15.9 Å². The molecule has 1 saturated heterocycles. The monoisotopic (exact) mass is 1310 g/mol. The van der Waals surface area contributed by atoms with Crippen LogP contribution in [0, 0.1) is 6.92 Å². The Balaban J connectivity index is 0.000000198. The van der Waals surface area contributed by atoms with E-state index in [1.54, 1.807) is 74.1 Å². The number of rotatable bonds is 14. The number of halogens is 7. The molecule has 8 aromatic heterocycles. The van der Waals surface area contributed by atoms with Gasteiger partial charge in [0.2, 0.25) is 11.8 Å². The molecule has 10 aromatic rings. The van der Waals surface area contributed by atoms with Crippen LogP contribution < -0.4 is 9.47 Å². The summed E-state index contributed by atoms with van der Waals surface area (Å²) in [4.78, 5) is 44.1. The maximum Gasteiger partial charge on any atom is 0.434 e. The Kier molecular flexibility index (Phi) is 21.0. The number of aryl methyl sites for hydroxylation is 3. The molecular weight excluding hydrogens is 1240 g/mol. The molecule has 90 heavy (non-hydrogen) atoms. The van der Waals surface area contributed by atoms with Crippen LogP contribution in [-0.4, -0.2) is 114 Å². The number of hydrogen-bond acceptors (Lipinski definition) is 17. The van der Waals surface area contributed by atoms with Crippen LogP contribution in [0.3, 0.4) is 0 Å². The molecule has 13 rings (SSSR count). The van der Waals surface area contributed by atoms with E-state index in [2.05, 4.69) is 66.0 Å². The Labute approximate surface area is 526 Å². The van der Waals surface area contributed by atoms with Gasteiger partial charge in [0.15, 0.2) is 34.3 Å². The number of ether oxygens (including phenoxy) is 2. The van der Waals surface area contributed by atoms with Gasteiger partial charge >= 0.3 is 33.7 Å². The quantitative estimate of drug-likeness (QED) is 0.0729. The van der Waals surface area contributed by atoms with Crippen molar-refractivity contribution < 1.29 is 49.5 Å². The number of aromatic nitrogens is 16. The number of hydrogen-bond donors (Lipinski definition) is 0. The summed E-state index contributed by atoms with van der Waals surface area (Å²) in [6.45, 7) is 12.6. The second kappa shape index (κ2) is 27.9. The Morgan fingerprint density at radius 3 is 1.32 bits per heavy atom. The van der Waals surface area contributed by atoms with Crippen molar-refractivity contribution >= 4 is 59.4 Å². The highest BCUT2D eigenvalue weighted by Gasteiger charge is 2.37. The summed E-state index contributed by atoms with van der Waals surface area (Å²) >= 11 is 3.50. The second-order valence-corrected chi connectivity index (χ2v) is 21.6. The van der Waals surface area contributed by atoms with Gasteiger partial charge in [-0.3, -0.25) is 0 Å². The van der Waals surface area contributed by atoms with E-state index < -0.39 is 23.7 Å². The minimum Gasteiger partial charge on any atom is -0.480 e. The lowest BCUT2D eigenvalue weighted by Gasteiger charge is -2.25. The number of imidazole rings is 2. The fraction of sp³-hybridized carbons (Fsp3) is 0.390. The van der Waals surface area contributed by atoms with Gasteiger partial charge in [-0.2, -0.15) is 36.5 Å². The van der Waals surface area contributed by atoms with E-state index in [-0.39, 0.29) is 55.3 Å². The highest BCUT2D eigenvalue weighted by Crippen LogP contribution is 2.46. The zero-order valence-electron chi connectivity index (χ0n) is 48.5. The number of fused-ring (bicyclic) bond motifs is 2. The first-order chi connectivity index (χ1) is 41.7. The minimum absolute atomic E-state index is 0. The van der Waals surface area contributed by atoms with Crippen molar-refractivity contribution in [1.82, 2.24) is 78.5 Å². The first kappa shape index (κ1) is 67.8. The van der Waals surface area contributed by atoms with Gasteiger partial charge in [0, 0.05) is 60.8 Å². The Bertz CT molecular complexity index is 3830. The second-order valence-electron chi connectivity index (χ2n) is 20.9. The van der Waals surface area contributed by atoms with E-state index in [9.17, 15) is 26.3 Å². The predicted octanol–water partition coefficient (Wildman–Crippen LogP) is 13.6. The van der Waals surface area contributed by atoms with Gasteiger partial charge in [-0.1, -0.05) is 70.8 Å². The highest BCUT2D eigenvalue weighted by molar-refractivity contribution is 9.10. The van der Waals surface area contributed by atoms with Gasteiger partial charge in [-0.15, -0.1) is 0 Å². The highest BCUT2D eigenvalue weighted by atomic mass is 79.9. The molecule has 0 atom stereocenters. The molecular formula is C59H68B3BrF6N16O5. The maximum absolute atomic E-state index is 13.2. The van der Waals surface area contributed by atoms with Crippen molar-refractivity contribution in [3.63, 3.8) is 0 Å². The topological polar surface area (TPSA) is 221 Å². The van der Waals surface area contributed by atoms with Gasteiger partial charge in [0.1, 0.15) is 40.0 Å². The third kappa shape index (κ3) is 14.7. The van der Waals surface area contributed by atoms with Gasteiger partial charge in [-0.05, 0) is 94.0 Å². The molecule has 2 aromatic carbocycles. The average Bonchev–Trinajstić information content (AvgIpc) is 1.75. The molecule has 2 saturated carbocycles. The smallest absolute Gasteiger partial charge is 0.434 e. The van der Waals surface area contributed by atoms with Crippen LogP contribution in [0.1, 0.15) is 113 Å². The zero-order chi connectivity index (χ0) is 61.5. The zero-order valence-corrected chi connectivity index (χ0v) is 50.1. The largest absolute Gasteiger partial charge is 0.480 e. The summed E-state index contributed by atoms with van der Waals surface area (Å²) in [5.74, 6) is 3.02. The third-order valence-electron chi connectivity index (χ3n) is 14.6. The standard InChI is InChI=1S/C27H25F3N8O.C26H22BrF3N8O.C3H9B3O3.3CH4/c1-4-37-13-20(27(28,29)30)34-24(37)18-7-5-16(6-8-18)12-38-25-19(15(2)36-38)11-31-23(35-25)21-22(17-9-10-17)32-14-33-26(21)39-3;1-3-37-12-18(26(28,29)30)34-23(37)16-6-4-14(5-7-16)11-38-24-17(21(27)36-38)10-31-22(35-24)19-20(15-8-9-15)32-13-33-25(19)39-2;1-4-7-5(2)9-6(3)8-4;;;/h5-8,11,13-14,17H,4,9-10,12H2,1-3H3;4-7,10,12-13,15H,3,8-9,11H2,1-2H3;1-3H3;3*1H4. The molecule has 0 bridgehead atoms. The summed E-state index contributed by atoms with van der Waals surface area (Å²) in [6, 6.07) is 14.5. The normalized spacial score (nSPS) is 14.1. The van der Waals surface area contributed by atoms with Crippen molar-refractivity contribution in [3.8, 4) is 57.3 Å². The molecule has 3 aliphatic rings. The molecule has 31 heteroatoms. The molecule has 0 N–H and O–H groups in total. The first-order valence-electron chi connectivity index (χ1n) is 28.0. The Morgan fingerprint density at radius 2 is 0.944 bits per heavy atom.